The van der Waals surface area contributed by atoms with Gasteiger partial charge in [0.05, 0.1) is 5.39 Å². The maximum atomic E-state index is 14.3. The topological polar surface area (TPSA) is 111 Å². The summed E-state index contributed by atoms with van der Waals surface area (Å²) >= 11 is 5.84. The van der Waals surface area contributed by atoms with Gasteiger partial charge in [-0.05, 0) is 11.6 Å². The zero-order valence-corrected chi connectivity index (χ0v) is 15.0. The summed E-state index contributed by atoms with van der Waals surface area (Å²) < 4.78 is 49.2. The first-order chi connectivity index (χ1) is 12.3. The first kappa shape index (κ1) is 17.7. The van der Waals surface area contributed by atoms with E-state index in [1.54, 1.807) is 0 Å². The third-order valence-corrected chi connectivity index (χ3v) is 5.95. The molecule has 0 bridgehead atoms. The van der Waals surface area contributed by atoms with Crippen molar-refractivity contribution < 1.29 is 27.3 Å². The van der Waals surface area contributed by atoms with Gasteiger partial charge in [0.15, 0.2) is 17.1 Å². The van der Waals surface area contributed by atoms with Crippen LogP contribution in [0, 0.1) is 18.2 Å². The zero-order valence-electron chi connectivity index (χ0n) is 13.4. The molecular formula is C14H13ClFN4O5P. The molecule has 138 valence electrons. The number of nitrogens with two attached hydrogens (primary N) is 1. The highest BCUT2D eigenvalue weighted by atomic mass is 35.5. The van der Waals surface area contributed by atoms with Gasteiger partial charge in [0.2, 0.25) is 5.28 Å². The second-order valence-electron chi connectivity index (χ2n) is 5.80. The number of hydrogen-bond acceptors (Lipinski definition) is 8. The normalized spacial score (nSPS) is 33.9. The van der Waals surface area contributed by atoms with Gasteiger partial charge in [-0.2, -0.15) is 4.98 Å². The first-order valence-electron chi connectivity index (χ1n) is 7.44. The van der Waals surface area contributed by atoms with E-state index in [2.05, 4.69) is 15.9 Å². The molecular weight excluding hydrogens is 390 g/mol. The lowest BCUT2D eigenvalue weighted by molar-refractivity contribution is -0.111. The molecule has 0 spiro atoms. The summed E-state index contributed by atoms with van der Waals surface area (Å²) in [5.74, 6) is 1.75. The molecule has 1 unspecified atom stereocenters. The summed E-state index contributed by atoms with van der Waals surface area (Å²) in [6.07, 6.45) is 5.36. The SMILES string of the molecule is C#C[C@@]12COP(=O)(OC)O[C@H]1C[C@H](n1cc(F)c3c(N)nc(Cl)nc31)O2. The third kappa shape index (κ3) is 2.52. The van der Waals surface area contributed by atoms with Crippen molar-refractivity contribution in [2.45, 2.75) is 24.4 Å². The van der Waals surface area contributed by atoms with Crippen LogP contribution < -0.4 is 5.73 Å². The van der Waals surface area contributed by atoms with E-state index in [9.17, 15) is 8.96 Å². The molecule has 4 heterocycles. The second-order valence-corrected chi connectivity index (χ2v) is 7.87. The molecule has 12 heteroatoms. The molecule has 2 fully saturated rings. The predicted molar refractivity (Wildman–Crippen MR) is 88.7 cm³/mol. The highest BCUT2D eigenvalue weighted by Crippen LogP contribution is 2.59. The van der Waals surface area contributed by atoms with E-state index < -0.39 is 31.6 Å². The smallest absolute Gasteiger partial charge is 0.383 e. The first-order valence-corrected chi connectivity index (χ1v) is 9.28. The van der Waals surface area contributed by atoms with E-state index in [1.807, 2.05) is 0 Å². The number of ether oxygens (including phenoxy) is 1. The zero-order chi connectivity index (χ0) is 18.7. The number of phosphoric acid groups is 1. The maximum absolute atomic E-state index is 14.3. The van der Waals surface area contributed by atoms with E-state index >= 15 is 0 Å². The minimum Gasteiger partial charge on any atom is -0.383 e. The Hall–Kier alpha value is -1.73. The van der Waals surface area contributed by atoms with Gasteiger partial charge >= 0.3 is 7.82 Å². The van der Waals surface area contributed by atoms with Crippen molar-refractivity contribution in [1.29, 1.82) is 0 Å². The van der Waals surface area contributed by atoms with Crippen LogP contribution in [0.15, 0.2) is 6.20 Å². The molecule has 4 atom stereocenters. The van der Waals surface area contributed by atoms with Crippen molar-refractivity contribution in [3.63, 3.8) is 0 Å². The number of terminal acetylenes is 1. The Balaban J connectivity index is 1.76. The predicted octanol–water partition coefficient (Wildman–Crippen LogP) is 2.27. The molecule has 2 N–H and O–H groups in total. The summed E-state index contributed by atoms with van der Waals surface area (Å²) in [4.78, 5) is 7.77. The van der Waals surface area contributed by atoms with Crippen LogP contribution in [-0.4, -0.2) is 40.0 Å². The van der Waals surface area contributed by atoms with Crippen molar-refractivity contribution in [3.05, 3.63) is 17.3 Å². The Morgan fingerprint density at radius 1 is 1.62 bits per heavy atom. The molecule has 2 aliphatic rings. The van der Waals surface area contributed by atoms with Crippen molar-refractivity contribution in [3.8, 4) is 12.3 Å². The van der Waals surface area contributed by atoms with Gasteiger partial charge in [-0.25, -0.2) is 13.9 Å². The molecule has 4 rings (SSSR count). The van der Waals surface area contributed by atoms with Crippen LogP contribution in [-0.2, 0) is 22.9 Å². The minimum atomic E-state index is -3.72. The van der Waals surface area contributed by atoms with Crippen LogP contribution >= 0.6 is 19.4 Å². The summed E-state index contributed by atoms with van der Waals surface area (Å²) in [6.45, 7) is -0.199. The number of halogens is 2. The van der Waals surface area contributed by atoms with E-state index in [1.165, 1.54) is 11.7 Å². The van der Waals surface area contributed by atoms with Crippen LogP contribution in [0.2, 0.25) is 5.28 Å². The van der Waals surface area contributed by atoms with Crippen molar-refractivity contribution in [1.82, 2.24) is 14.5 Å². The van der Waals surface area contributed by atoms with Gasteiger partial charge in [0, 0.05) is 19.7 Å². The van der Waals surface area contributed by atoms with Crippen LogP contribution in [0.4, 0.5) is 10.2 Å². The Morgan fingerprint density at radius 2 is 2.38 bits per heavy atom. The van der Waals surface area contributed by atoms with E-state index in [4.69, 9.17) is 42.1 Å². The number of nitrogens with zero attached hydrogens (tertiary/aromatic N) is 3. The van der Waals surface area contributed by atoms with E-state index in [-0.39, 0.29) is 35.2 Å². The quantitative estimate of drug-likeness (QED) is 0.462. The lowest BCUT2D eigenvalue weighted by Gasteiger charge is -2.35. The number of fused-ring (bicyclic) bond motifs is 2. The highest BCUT2D eigenvalue weighted by molar-refractivity contribution is 7.48. The minimum absolute atomic E-state index is 0.0161. The molecule has 26 heavy (non-hydrogen) atoms. The molecule has 0 amide bonds. The Bertz CT molecular complexity index is 994. The number of rotatable bonds is 2. The largest absolute Gasteiger partial charge is 0.475 e. The summed E-state index contributed by atoms with van der Waals surface area (Å²) in [5.41, 5.74) is 4.58. The third-order valence-electron chi connectivity index (χ3n) is 4.38. The standard InChI is InChI=1S/C14H13ClFN4O5P/c1-3-14-6-23-26(21,22-2)25-8(14)4-9(24-14)20-5-7(16)10-11(17)18-13(15)19-12(10)20/h1,5,8-9H,4,6H2,2H3,(H2,17,18,19)/t8-,9+,14+,26?/m0/s1. The molecule has 0 aromatic carbocycles. The molecule has 2 saturated heterocycles. The van der Waals surface area contributed by atoms with Crippen molar-refractivity contribution in [2.24, 2.45) is 0 Å². The van der Waals surface area contributed by atoms with Gasteiger partial charge < -0.3 is 15.0 Å². The van der Waals surface area contributed by atoms with E-state index in [0.29, 0.717) is 0 Å². The molecule has 0 saturated carbocycles. The number of aromatic nitrogens is 3. The van der Waals surface area contributed by atoms with Crippen LogP contribution in [0.1, 0.15) is 12.6 Å². The molecule has 2 aromatic heterocycles. The summed E-state index contributed by atoms with van der Waals surface area (Å²) in [7, 11) is -2.52. The molecule has 0 radical (unpaired) electrons. The Morgan fingerprint density at radius 3 is 3.08 bits per heavy atom. The number of anilines is 1. The summed E-state index contributed by atoms with van der Waals surface area (Å²) in [5, 5.41) is -0.123. The molecule has 0 aliphatic carbocycles. The average molecular weight is 403 g/mol. The highest BCUT2D eigenvalue weighted by Gasteiger charge is 2.57. The lowest BCUT2D eigenvalue weighted by Crippen LogP contribution is -2.46. The molecule has 2 aromatic rings. The molecule has 2 aliphatic heterocycles. The fourth-order valence-electron chi connectivity index (χ4n) is 3.11. The Labute approximate surface area is 152 Å². The molecule has 9 nitrogen and oxygen atoms in total. The monoisotopic (exact) mass is 402 g/mol. The lowest BCUT2D eigenvalue weighted by atomic mass is 9.99. The fraction of sp³-hybridized carbons (Fsp3) is 0.429. The van der Waals surface area contributed by atoms with Gasteiger partial charge in [0.25, 0.3) is 0 Å². The number of nitrogen functional groups attached to an aromatic ring is 1. The van der Waals surface area contributed by atoms with Gasteiger partial charge in [0.1, 0.15) is 24.8 Å². The maximum Gasteiger partial charge on any atom is 0.475 e. The number of phosphoric ester groups is 1. The van der Waals surface area contributed by atoms with Gasteiger partial charge in [-0.3, -0.25) is 13.6 Å². The number of hydrogen-bond donors (Lipinski definition) is 1. The summed E-state index contributed by atoms with van der Waals surface area (Å²) in [6, 6.07) is 0. The van der Waals surface area contributed by atoms with Crippen LogP contribution in [0.5, 0.6) is 0 Å². The van der Waals surface area contributed by atoms with Crippen LogP contribution in [0.25, 0.3) is 11.0 Å². The Kier molecular flexibility index (Phi) is 4.00. The fourth-order valence-corrected chi connectivity index (χ4v) is 4.45. The van der Waals surface area contributed by atoms with Gasteiger partial charge in [-0.1, -0.05) is 5.92 Å². The van der Waals surface area contributed by atoms with Crippen molar-refractivity contribution in [2.75, 3.05) is 19.5 Å². The van der Waals surface area contributed by atoms with E-state index in [0.717, 1.165) is 6.20 Å². The van der Waals surface area contributed by atoms with Gasteiger partial charge in [-0.15, -0.1) is 6.42 Å². The van der Waals surface area contributed by atoms with Crippen LogP contribution in [0.3, 0.4) is 0 Å². The average Bonchev–Trinajstić information content (AvgIpc) is 3.13. The van der Waals surface area contributed by atoms with Crippen molar-refractivity contribution >= 4 is 36.3 Å². The second kappa shape index (κ2) is 5.89.